The smallest absolute Gasteiger partial charge is 0.343 e. The topological polar surface area (TPSA) is 123 Å². The molecule has 0 atom stereocenters. The van der Waals surface area contributed by atoms with Crippen molar-refractivity contribution in [2.45, 2.75) is 0 Å². The monoisotopic (exact) mass is 314 g/mol. The second kappa shape index (κ2) is 7.08. The number of carbonyl (C=O) groups excluding carboxylic acids is 1. The van der Waals surface area contributed by atoms with Crippen molar-refractivity contribution in [1.29, 1.82) is 5.41 Å². The van der Waals surface area contributed by atoms with Gasteiger partial charge in [0.1, 0.15) is 17.3 Å². The Morgan fingerprint density at radius 3 is 2.00 bits per heavy atom. The van der Waals surface area contributed by atoms with Crippen LogP contribution in [-0.4, -0.2) is 29.5 Å². The number of nitrogen functional groups attached to an aromatic ring is 1. The summed E-state index contributed by atoms with van der Waals surface area (Å²) in [5.74, 6) is -1.05. The minimum Gasteiger partial charge on any atom is -0.482 e. The van der Waals surface area contributed by atoms with Gasteiger partial charge in [0.2, 0.25) is 0 Å². The SMILES string of the molecule is N=C(N)c1ccc(OC(=O)c2ccc(OCC(=O)O)cc2)cc1. The number of hydrogen-bond acceptors (Lipinski definition) is 5. The van der Waals surface area contributed by atoms with Crippen molar-refractivity contribution < 1.29 is 24.2 Å². The van der Waals surface area contributed by atoms with Crippen LogP contribution in [0.5, 0.6) is 11.5 Å². The van der Waals surface area contributed by atoms with E-state index in [1.807, 2.05) is 0 Å². The Balaban J connectivity index is 2.00. The normalized spacial score (nSPS) is 9.91. The maximum Gasteiger partial charge on any atom is 0.343 e. The summed E-state index contributed by atoms with van der Waals surface area (Å²) in [6.45, 7) is -0.452. The van der Waals surface area contributed by atoms with Gasteiger partial charge in [-0.15, -0.1) is 0 Å². The van der Waals surface area contributed by atoms with Gasteiger partial charge in [-0.3, -0.25) is 5.41 Å². The summed E-state index contributed by atoms with van der Waals surface area (Å²) in [6.07, 6.45) is 0. The summed E-state index contributed by atoms with van der Waals surface area (Å²) < 4.78 is 10.2. The van der Waals surface area contributed by atoms with Gasteiger partial charge < -0.3 is 20.3 Å². The molecular formula is C16H14N2O5. The highest BCUT2D eigenvalue weighted by molar-refractivity contribution is 5.95. The van der Waals surface area contributed by atoms with Crippen molar-refractivity contribution in [1.82, 2.24) is 0 Å². The number of ether oxygens (including phenoxy) is 2. The summed E-state index contributed by atoms with van der Waals surface area (Å²) in [5.41, 5.74) is 6.17. The fourth-order valence-corrected chi connectivity index (χ4v) is 1.70. The van der Waals surface area contributed by atoms with Gasteiger partial charge in [0.05, 0.1) is 5.56 Å². The summed E-state index contributed by atoms with van der Waals surface area (Å²) in [5, 5.41) is 15.8. The molecule has 2 rings (SSSR count). The van der Waals surface area contributed by atoms with Crippen LogP contribution >= 0.6 is 0 Å². The van der Waals surface area contributed by atoms with Crippen LogP contribution in [0.2, 0.25) is 0 Å². The number of esters is 1. The van der Waals surface area contributed by atoms with Gasteiger partial charge in [0.25, 0.3) is 0 Å². The lowest BCUT2D eigenvalue weighted by Gasteiger charge is -2.06. The van der Waals surface area contributed by atoms with Crippen molar-refractivity contribution in [3.63, 3.8) is 0 Å². The number of nitrogens with two attached hydrogens (primary N) is 1. The predicted molar refractivity (Wildman–Crippen MR) is 82.0 cm³/mol. The number of aliphatic carboxylic acids is 1. The average Bonchev–Trinajstić information content (AvgIpc) is 2.54. The lowest BCUT2D eigenvalue weighted by molar-refractivity contribution is -0.139. The highest BCUT2D eigenvalue weighted by atomic mass is 16.5. The Bertz CT molecular complexity index is 723. The Kier molecular flexibility index (Phi) is 4.93. The zero-order valence-electron chi connectivity index (χ0n) is 12.0. The van der Waals surface area contributed by atoms with Crippen molar-refractivity contribution >= 4 is 17.8 Å². The number of benzene rings is 2. The molecule has 2 aromatic rings. The van der Waals surface area contributed by atoms with Crippen LogP contribution in [0.25, 0.3) is 0 Å². The molecular weight excluding hydrogens is 300 g/mol. The molecule has 23 heavy (non-hydrogen) atoms. The van der Waals surface area contributed by atoms with E-state index in [-0.39, 0.29) is 5.84 Å². The van der Waals surface area contributed by atoms with Gasteiger partial charge in [0, 0.05) is 5.56 Å². The third-order valence-electron chi connectivity index (χ3n) is 2.83. The van der Waals surface area contributed by atoms with Gasteiger partial charge in [-0.05, 0) is 48.5 Å². The van der Waals surface area contributed by atoms with Crippen LogP contribution in [0.15, 0.2) is 48.5 Å². The molecule has 0 amide bonds. The molecule has 0 saturated carbocycles. The molecule has 0 saturated heterocycles. The first kappa shape index (κ1) is 16.0. The van der Waals surface area contributed by atoms with Gasteiger partial charge in [-0.1, -0.05) is 0 Å². The second-order valence-electron chi connectivity index (χ2n) is 4.53. The maximum absolute atomic E-state index is 12.0. The van der Waals surface area contributed by atoms with E-state index in [2.05, 4.69) is 0 Å². The first-order valence-corrected chi connectivity index (χ1v) is 6.57. The van der Waals surface area contributed by atoms with Crippen molar-refractivity contribution in [3.05, 3.63) is 59.7 Å². The quantitative estimate of drug-likeness (QED) is 0.322. The third kappa shape index (κ3) is 4.57. The molecule has 0 fully saturated rings. The molecule has 0 aromatic heterocycles. The van der Waals surface area contributed by atoms with Crippen LogP contribution in [0.3, 0.4) is 0 Å². The molecule has 0 aliphatic carbocycles. The van der Waals surface area contributed by atoms with Gasteiger partial charge in [0.15, 0.2) is 6.61 Å². The van der Waals surface area contributed by atoms with Crippen LogP contribution in [0.1, 0.15) is 15.9 Å². The fraction of sp³-hybridized carbons (Fsp3) is 0.0625. The Hall–Kier alpha value is -3.35. The standard InChI is InChI=1S/C16H14N2O5/c17-15(18)10-1-7-13(8-2-10)23-16(21)11-3-5-12(6-4-11)22-9-14(19)20/h1-8H,9H2,(H3,17,18)(H,19,20). The van der Waals surface area contributed by atoms with E-state index in [1.165, 1.54) is 24.3 Å². The molecule has 7 heteroatoms. The van der Waals surface area contributed by atoms with E-state index >= 15 is 0 Å². The molecule has 0 radical (unpaired) electrons. The molecule has 0 aliphatic rings. The van der Waals surface area contributed by atoms with E-state index in [0.29, 0.717) is 22.6 Å². The summed E-state index contributed by atoms with van der Waals surface area (Å²) in [6, 6.07) is 12.2. The van der Waals surface area contributed by atoms with Crippen LogP contribution in [-0.2, 0) is 4.79 Å². The second-order valence-corrected chi connectivity index (χ2v) is 4.53. The Morgan fingerprint density at radius 2 is 1.48 bits per heavy atom. The van der Waals surface area contributed by atoms with E-state index in [9.17, 15) is 9.59 Å². The number of carbonyl (C=O) groups is 2. The minimum absolute atomic E-state index is 0.0696. The number of nitrogens with one attached hydrogen (secondary N) is 1. The molecule has 0 spiro atoms. The molecule has 0 unspecified atom stereocenters. The van der Waals surface area contributed by atoms with Gasteiger partial charge in [-0.25, -0.2) is 9.59 Å². The summed E-state index contributed by atoms with van der Waals surface area (Å²) in [7, 11) is 0. The molecule has 0 bridgehead atoms. The average molecular weight is 314 g/mol. The molecule has 0 aliphatic heterocycles. The lowest BCUT2D eigenvalue weighted by atomic mass is 10.2. The van der Waals surface area contributed by atoms with Crippen molar-refractivity contribution in [2.24, 2.45) is 5.73 Å². The molecule has 118 valence electrons. The Labute approximate surface area is 131 Å². The third-order valence-corrected chi connectivity index (χ3v) is 2.83. The van der Waals surface area contributed by atoms with Crippen LogP contribution in [0, 0.1) is 5.41 Å². The summed E-state index contributed by atoms with van der Waals surface area (Å²) >= 11 is 0. The van der Waals surface area contributed by atoms with E-state index in [1.54, 1.807) is 24.3 Å². The number of carboxylic acids is 1. The molecule has 7 nitrogen and oxygen atoms in total. The first-order valence-electron chi connectivity index (χ1n) is 6.57. The maximum atomic E-state index is 12.0. The zero-order valence-corrected chi connectivity index (χ0v) is 12.0. The van der Waals surface area contributed by atoms with Crippen molar-refractivity contribution in [3.8, 4) is 11.5 Å². The summed E-state index contributed by atoms with van der Waals surface area (Å²) in [4.78, 5) is 22.4. The lowest BCUT2D eigenvalue weighted by Crippen LogP contribution is -2.12. The number of hydrogen-bond donors (Lipinski definition) is 3. The van der Waals surface area contributed by atoms with E-state index in [0.717, 1.165) is 0 Å². The van der Waals surface area contributed by atoms with Crippen LogP contribution < -0.4 is 15.2 Å². The van der Waals surface area contributed by atoms with Crippen molar-refractivity contribution in [2.75, 3.05) is 6.61 Å². The predicted octanol–water partition coefficient (Wildman–Crippen LogP) is 1.65. The van der Waals surface area contributed by atoms with Gasteiger partial charge in [-0.2, -0.15) is 0 Å². The fourth-order valence-electron chi connectivity index (χ4n) is 1.70. The first-order chi connectivity index (χ1) is 11.0. The minimum atomic E-state index is -1.08. The Morgan fingerprint density at radius 1 is 0.957 bits per heavy atom. The highest BCUT2D eigenvalue weighted by Crippen LogP contribution is 2.16. The molecule has 2 aromatic carbocycles. The number of carboxylic acid groups (broad SMARTS) is 1. The van der Waals surface area contributed by atoms with E-state index < -0.39 is 18.5 Å². The van der Waals surface area contributed by atoms with E-state index in [4.69, 9.17) is 25.7 Å². The zero-order chi connectivity index (χ0) is 16.8. The number of amidine groups is 1. The number of rotatable bonds is 6. The highest BCUT2D eigenvalue weighted by Gasteiger charge is 2.09. The molecule has 4 N–H and O–H groups in total. The largest absolute Gasteiger partial charge is 0.482 e. The van der Waals surface area contributed by atoms with Crippen LogP contribution in [0.4, 0.5) is 0 Å². The van der Waals surface area contributed by atoms with Gasteiger partial charge >= 0.3 is 11.9 Å². The molecule has 0 heterocycles.